The van der Waals surface area contributed by atoms with Gasteiger partial charge in [0, 0.05) is 30.4 Å². The van der Waals surface area contributed by atoms with Crippen LogP contribution in [0.3, 0.4) is 0 Å². The lowest BCUT2D eigenvalue weighted by Gasteiger charge is -2.33. The van der Waals surface area contributed by atoms with Gasteiger partial charge < -0.3 is 10.6 Å². The molecule has 14 heteroatoms. The maximum Gasteiger partial charge on any atom is 0.389 e. The molecule has 0 aliphatic heterocycles. The zero-order valence-electron chi connectivity index (χ0n) is 23.1. The molecule has 2 N–H and O–H groups in total. The van der Waals surface area contributed by atoms with Crippen molar-refractivity contribution in [3.05, 3.63) is 53.0 Å². The highest BCUT2D eigenvalue weighted by Gasteiger charge is 2.40. The normalized spacial score (nSPS) is 20.8. The standard InChI is InChI=1S/C29H32F7N5O2/c30-26(31)19-3-1-2-4-20(19)27(43)40-25(17-7-10-28(32,33)11-8-17)21-15-41-22(38-21)13-18(14-37-41)24(16-5-6-16)39-23(42)9-12-29(34,35)36/h3-4,13-17,24-26H,1-2,5-12H2,(H,39,42)(H,40,43)/t24-,25+/m1/s1. The predicted octanol–water partition coefficient (Wildman–Crippen LogP) is 6.53. The predicted molar refractivity (Wildman–Crippen MR) is 141 cm³/mol. The fourth-order valence-electron chi connectivity index (χ4n) is 5.81. The Balaban J connectivity index is 1.40. The summed E-state index contributed by atoms with van der Waals surface area (Å²) in [6.45, 7) is 0. The summed E-state index contributed by atoms with van der Waals surface area (Å²) in [7, 11) is 0. The highest BCUT2D eigenvalue weighted by atomic mass is 19.4. The number of rotatable bonds is 10. The second-order valence-electron chi connectivity index (χ2n) is 11.6. The van der Waals surface area contributed by atoms with Gasteiger partial charge in [-0.1, -0.05) is 12.2 Å². The van der Waals surface area contributed by atoms with Crippen LogP contribution in [0, 0.1) is 11.8 Å². The van der Waals surface area contributed by atoms with Crippen LogP contribution in [-0.4, -0.2) is 44.9 Å². The van der Waals surface area contributed by atoms with Gasteiger partial charge in [-0.05, 0) is 62.0 Å². The van der Waals surface area contributed by atoms with E-state index in [1.54, 1.807) is 6.07 Å². The molecule has 0 saturated heterocycles. The zero-order chi connectivity index (χ0) is 30.9. The number of carbonyl (C=O) groups excluding carboxylic acids is 2. The quantitative estimate of drug-likeness (QED) is 0.298. The molecule has 2 aromatic heterocycles. The van der Waals surface area contributed by atoms with Gasteiger partial charge in [0.2, 0.25) is 11.8 Å². The van der Waals surface area contributed by atoms with Crippen LogP contribution in [0.2, 0.25) is 0 Å². The first-order chi connectivity index (χ1) is 20.3. The van der Waals surface area contributed by atoms with Crippen molar-refractivity contribution in [1.82, 2.24) is 25.2 Å². The van der Waals surface area contributed by atoms with Gasteiger partial charge >= 0.3 is 6.18 Å². The third-order valence-corrected chi connectivity index (χ3v) is 8.27. The minimum absolute atomic E-state index is 0.0327. The van der Waals surface area contributed by atoms with Gasteiger partial charge in [0.05, 0.1) is 36.6 Å². The van der Waals surface area contributed by atoms with E-state index in [4.69, 9.17) is 0 Å². The first kappa shape index (κ1) is 31.0. The van der Waals surface area contributed by atoms with Gasteiger partial charge in [0.1, 0.15) is 0 Å². The van der Waals surface area contributed by atoms with Gasteiger partial charge in [0.25, 0.3) is 12.3 Å². The average molecular weight is 616 g/mol. The summed E-state index contributed by atoms with van der Waals surface area (Å²) in [5, 5.41) is 9.82. The first-order valence-corrected chi connectivity index (χ1v) is 14.4. The summed E-state index contributed by atoms with van der Waals surface area (Å²) in [5.41, 5.74) is 0.648. The van der Waals surface area contributed by atoms with E-state index in [1.165, 1.54) is 29.1 Å². The van der Waals surface area contributed by atoms with Gasteiger partial charge in [-0.25, -0.2) is 27.1 Å². The van der Waals surface area contributed by atoms with Crippen LogP contribution < -0.4 is 10.6 Å². The van der Waals surface area contributed by atoms with Crippen LogP contribution in [0.5, 0.6) is 0 Å². The number of nitrogens with zero attached hydrogens (tertiary/aromatic N) is 3. The molecule has 2 amide bonds. The Morgan fingerprint density at radius 2 is 1.67 bits per heavy atom. The summed E-state index contributed by atoms with van der Waals surface area (Å²) in [6, 6.07) is 0.211. The molecular weight excluding hydrogens is 583 g/mol. The molecule has 2 aromatic rings. The third-order valence-electron chi connectivity index (χ3n) is 8.27. The monoisotopic (exact) mass is 615 g/mol. The van der Waals surface area contributed by atoms with Gasteiger partial charge in [-0.3, -0.25) is 9.59 Å². The topological polar surface area (TPSA) is 88.4 Å². The lowest BCUT2D eigenvalue weighted by Crippen LogP contribution is -2.38. The third kappa shape index (κ3) is 7.74. The summed E-state index contributed by atoms with van der Waals surface area (Å²) in [6.07, 6.45) is -1.73. The minimum atomic E-state index is -4.45. The van der Waals surface area contributed by atoms with Crippen molar-refractivity contribution in [2.45, 2.75) is 94.8 Å². The number of imidazole rings is 1. The first-order valence-electron chi connectivity index (χ1n) is 14.4. The number of halogens is 7. The van der Waals surface area contributed by atoms with Crippen LogP contribution >= 0.6 is 0 Å². The van der Waals surface area contributed by atoms with Crippen LogP contribution in [0.4, 0.5) is 30.7 Å². The highest BCUT2D eigenvalue weighted by molar-refractivity contribution is 5.98. The summed E-state index contributed by atoms with van der Waals surface area (Å²) < 4.78 is 94.5. The SMILES string of the molecule is O=C(CCC(F)(F)F)N[C@@H](c1cnn2cc([C@@H](NC(=O)C3=CCCC=C3C(F)F)C3CCC(F)(F)CC3)nc2c1)C1CC1. The van der Waals surface area contributed by atoms with Crippen LogP contribution in [0.1, 0.15) is 87.5 Å². The number of fused-ring (bicyclic) bond motifs is 1. The number of alkyl halides is 7. The molecule has 0 unspecified atom stereocenters. The lowest BCUT2D eigenvalue weighted by molar-refractivity contribution is -0.144. The van der Waals surface area contributed by atoms with Gasteiger partial charge in [-0.15, -0.1) is 0 Å². The van der Waals surface area contributed by atoms with E-state index in [0.29, 0.717) is 29.7 Å². The van der Waals surface area contributed by atoms with E-state index in [9.17, 15) is 40.3 Å². The van der Waals surface area contributed by atoms with Crippen molar-refractivity contribution in [3.8, 4) is 0 Å². The Kier molecular flexibility index (Phi) is 8.85. The molecule has 43 heavy (non-hydrogen) atoms. The molecule has 3 aliphatic rings. The van der Waals surface area contributed by atoms with E-state index >= 15 is 0 Å². The molecule has 2 atom stereocenters. The fourth-order valence-corrected chi connectivity index (χ4v) is 5.81. The molecule has 0 bridgehead atoms. The number of hydrogen-bond acceptors (Lipinski definition) is 4. The number of amides is 2. The molecule has 3 aliphatic carbocycles. The minimum Gasteiger partial charge on any atom is -0.349 e. The fraction of sp³-hybridized carbons (Fsp3) is 0.586. The molecule has 0 radical (unpaired) electrons. The van der Waals surface area contributed by atoms with Gasteiger partial charge in [0.15, 0.2) is 5.65 Å². The number of hydrogen-bond donors (Lipinski definition) is 2. The largest absolute Gasteiger partial charge is 0.389 e. The number of aromatic nitrogens is 3. The van der Waals surface area contributed by atoms with Crippen molar-refractivity contribution in [3.63, 3.8) is 0 Å². The molecule has 0 aromatic carbocycles. The van der Waals surface area contributed by atoms with Crippen molar-refractivity contribution in [2.24, 2.45) is 11.8 Å². The van der Waals surface area contributed by atoms with Crippen LogP contribution in [0.25, 0.3) is 5.65 Å². The number of allylic oxidation sites excluding steroid dienone is 2. The maximum atomic E-state index is 14.0. The van der Waals surface area contributed by atoms with Crippen molar-refractivity contribution >= 4 is 17.5 Å². The van der Waals surface area contributed by atoms with Crippen molar-refractivity contribution in [2.75, 3.05) is 0 Å². The summed E-state index contributed by atoms with van der Waals surface area (Å²) in [4.78, 5) is 30.1. The summed E-state index contributed by atoms with van der Waals surface area (Å²) in [5.74, 6) is -4.72. The highest BCUT2D eigenvalue weighted by Crippen LogP contribution is 2.43. The van der Waals surface area contributed by atoms with Crippen LogP contribution in [-0.2, 0) is 9.59 Å². The molecule has 7 nitrogen and oxygen atoms in total. The molecule has 5 rings (SSSR count). The maximum absolute atomic E-state index is 14.0. The molecule has 2 saturated carbocycles. The number of carbonyl (C=O) groups is 2. The number of nitrogens with one attached hydrogen (secondary N) is 2. The second kappa shape index (κ2) is 12.3. The van der Waals surface area contributed by atoms with Crippen molar-refractivity contribution in [1.29, 1.82) is 0 Å². The molecular formula is C29H32F7N5O2. The Hall–Kier alpha value is -3.45. The average Bonchev–Trinajstić information content (AvgIpc) is 3.71. The molecule has 0 spiro atoms. The van der Waals surface area contributed by atoms with Gasteiger partial charge in [-0.2, -0.15) is 18.3 Å². The molecule has 234 valence electrons. The van der Waals surface area contributed by atoms with E-state index < -0.39 is 61.2 Å². The zero-order valence-corrected chi connectivity index (χ0v) is 23.1. The Morgan fingerprint density at radius 1 is 1.00 bits per heavy atom. The van der Waals surface area contributed by atoms with E-state index in [-0.39, 0.29) is 42.7 Å². The summed E-state index contributed by atoms with van der Waals surface area (Å²) >= 11 is 0. The Labute approximate surface area is 243 Å². The van der Waals surface area contributed by atoms with Crippen LogP contribution in [0.15, 0.2) is 41.8 Å². The van der Waals surface area contributed by atoms with Crippen molar-refractivity contribution < 1.29 is 40.3 Å². The Bertz CT molecular complexity index is 1400. The lowest BCUT2D eigenvalue weighted by atomic mass is 9.81. The Morgan fingerprint density at radius 3 is 2.33 bits per heavy atom. The van der Waals surface area contributed by atoms with E-state index in [2.05, 4.69) is 20.7 Å². The second-order valence-corrected chi connectivity index (χ2v) is 11.6. The molecule has 2 heterocycles. The van der Waals surface area contributed by atoms with E-state index in [0.717, 1.165) is 12.8 Å². The molecule has 2 fully saturated rings. The van der Waals surface area contributed by atoms with E-state index in [1.807, 2.05) is 0 Å². The smallest absolute Gasteiger partial charge is 0.349 e.